The molecule has 0 atom stereocenters. The van der Waals surface area contributed by atoms with E-state index in [0.717, 1.165) is 16.9 Å². The van der Waals surface area contributed by atoms with Gasteiger partial charge in [-0.05, 0) is 55.8 Å². The molecule has 0 radical (unpaired) electrons. The van der Waals surface area contributed by atoms with Gasteiger partial charge in [0.15, 0.2) is 0 Å². The van der Waals surface area contributed by atoms with Crippen molar-refractivity contribution < 1.29 is 4.39 Å². The van der Waals surface area contributed by atoms with Crippen LogP contribution in [0.2, 0.25) is 0 Å². The number of aryl methyl sites for hydroxylation is 1. The molecule has 0 aromatic heterocycles. The van der Waals surface area contributed by atoms with E-state index in [0.29, 0.717) is 12.1 Å². The van der Waals surface area contributed by atoms with Gasteiger partial charge in [-0.3, -0.25) is 0 Å². The Balaban J connectivity index is 2.48. The summed E-state index contributed by atoms with van der Waals surface area (Å²) in [5, 5.41) is 9.24. The van der Waals surface area contributed by atoms with Crippen LogP contribution in [0, 0.1) is 24.1 Å². The lowest BCUT2D eigenvalue weighted by Crippen LogP contribution is -2.17. The number of hydrogen-bond donors (Lipinski definition) is 0. The van der Waals surface area contributed by atoms with E-state index in [2.05, 4.69) is 6.07 Å². The van der Waals surface area contributed by atoms with E-state index in [4.69, 9.17) is 0 Å². The van der Waals surface area contributed by atoms with Gasteiger partial charge in [0.2, 0.25) is 0 Å². The summed E-state index contributed by atoms with van der Waals surface area (Å²) in [4.78, 5) is 2.00. The molecule has 0 saturated carbocycles. The lowest BCUT2D eigenvalue weighted by Gasteiger charge is -2.24. The fourth-order valence-electron chi connectivity index (χ4n) is 2.09. The van der Waals surface area contributed by atoms with Crippen LogP contribution in [0.25, 0.3) is 0 Å². The zero-order chi connectivity index (χ0) is 13.8. The molecule has 0 aliphatic heterocycles. The van der Waals surface area contributed by atoms with Gasteiger partial charge in [0.1, 0.15) is 11.9 Å². The summed E-state index contributed by atoms with van der Waals surface area (Å²) in [7, 11) is 0. The van der Waals surface area contributed by atoms with Crippen LogP contribution in [0.1, 0.15) is 18.1 Å². The van der Waals surface area contributed by atoms with Crippen LogP contribution in [0.3, 0.4) is 0 Å². The Bertz CT molecular complexity index is 612. The van der Waals surface area contributed by atoms with Gasteiger partial charge >= 0.3 is 0 Å². The van der Waals surface area contributed by atoms with Crippen molar-refractivity contribution in [3.05, 3.63) is 59.4 Å². The Kier molecular flexibility index (Phi) is 3.82. The Labute approximate surface area is 112 Å². The summed E-state index contributed by atoms with van der Waals surface area (Å²) >= 11 is 0. The first-order valence-corrected chi connectivity index (χ1v) is 6.19. The van der Waals surface area contributed by atoms with Crippen LogP contribution in [0.15, 0.2) is 42.5 Å². The average Bonchev–Trinajstić information content (AvgIpc) is 2.43. The third-order valence-corrected chi connectivity index (χ3v) is 3.02. The minimum atomic E-state index is -0.260. The highest BCUT2D eigenvalue weighted by Gasteiger charge is 2.11. The van der Waals surface area contributed by atoms with Gasteiger partial charge in [0.25, 0.3) is 0 Å². The van der Waals surface area contributed by atoms with E-state index < -0.39 is 0 Å². The van der Waals surface area contributed by atoms with E-state index in [-0.39, 0.29) is 5.82 Å². The monoisotopic (exact) mass is 254 g/mol. The number of nitriles is 1. The summed E-state index contributed by atoms with van der Waals surface area (Å²) in [6.45, 7) is 4.67. The van der Waals surface area contributed by atoms with Gasteiger partial charge in [-0.15, -0.1) is 0 Å². The smallest absolute Gasteiger partial charge is 0.123 e. The molecule has 0 aliphatic rings. The van der Waals surface area contributed by atoms with E-state index >= 15 is 0 Å². The molecule has 0 unspecified atom stereocenters. The highest BCUT2D eigenvalue weighted by atomic mass is 19.1. The molecule has 0 amide bonds. The second kappa shape index (κ2) is 5.53. The zero-order valence-corrected chi connectivity index (χ0v) is 11.0. The fourth-order valence-corrected chi connectivity index (χ4v) is 2.09. The standard InChI is InChI=1S/C16H15FN2/c1-3-19(15-7-5-14(17)6-8-15)16-9-4-12(2)10-13(16)11-18/h4-10H,3H2,1-2H3. The van der Waals surface area contributed by atoms with E-state index in [1.165, 1.54) is 12.1 Å². The Morgan fingerprint density at radius 3 is 2.42 bits per heavy atom. The maximum atomic E-state index is 13.0. The van der Waals surface area contributed by atoms with E-state index in [1.54, 1.807) is 12.1 Å². The van der Waals surface area contributed by atoms with Crippen LogP contribution in [0.4, 0.5) is 15.8 Å². The maximum absolute atomic E-state index is 13.0. The average molecular weight is 254 g/mol. The molecular weight excluding hydrogens is 239 g/mol. The summed E-state index contributed by atoms with van der Waals surface area (Å²) in [5.74, 6) is -0.260. The van der Waals surface area contributed by atoms with Crippen molar-refractivity contribution in [3.8, 4) is 6.07 Å². The fraction of sp³-hybridized carbons (Fsp3) is 0.188. The van der Waals surface area contributed by atoms with Crippen molar-refractivity contribution in [3.63, 3.8) is 0 Å². The lowest BCUT2D eigenvalue weighted by molar-refractivity contribution is 0.628. The molecule has 2 aromatic rings. The number of halogens is 1. The molecule has 2 rings (SSSR count). The SMILES string of the molecule is CCN(c1ccc(F)cc1)c1ccc(C)cc1C#N. The second-order valence-electron chi connectivity index (χ2n) is 4.35. The molecule has 0 spiro atoms. The molecule has 0 N–H and O–H groups in total. The number of rotatable bonds is 3. The first-order chi connectivity index (χ1) is 9.15. The number of nitrogens with zero attached hydrogens (tertiary/aromatic N) is 2. The Morgan fingerprint density at radius 2 is 1.84 bits per heavy atom. The van der Waals surface area contributed by atoms with Gasteiger partial charge in [-0.25, -0.2) is 4.39 Å². The van der Waals surface area contributed by atoms with Crippen molar-refractivity contribution in [2.45, 2.75) is 13.8 Å². The molecule has 0 fully saturated rings. The summed E-state index contributed by atoms with van der Waals surface area (Å²) in [5.41, 5.74) is 3.41. The summed E-state index contributed by atoms with van der Waals surface area (Å²) < 4.78 is 13.0. The maximum Gasteiger partial charge on any atom is 0.123 e. The third kappa shape index (κ3) is 2.74. The largest absolute Gasteiger partial charge is 0.341 e. The van der Waals surface area contributed by atoms with E-state index in [9.17, 15) is 9.65 Å². The molecule has 2 aromatic carbocycles. The summed E-state index contributed by atoms with van der Waals surface area (Å²) in [6, 6.07) is 14.3. The Morgan fingerprint density at radius 1 is 1.16 bits per heavy atom. The Hall–Kier alpha value is -2.34. The molecule has 2 nitrogen and oxygen atoms in total. The van der Waals surface area contributed by atoms with Crippen molar-refractivity contribution in [1.29, 1.82) is 5.26 Å². The minimum absolute atomic E-state index is 0.260. The van der Waals surface area contributed by atoms with Crippen LogP contribution >= 0.6 is 0 Å². The van der Waals surface area contributed by atoms with Gasteiger partial charge in [-0.1, -0.05) is 6.07 Å². The van der Waals surface area contributed by atoms with Crippen LogP contribution < -0.4 is 4.90 Å². The van der Waals surface area contributed by atoms with Crippen LogP contribution in [0.5, 0.6) is 0 Å². The second-order valence-corrected chi connectivity index (χ2v) is 4.35. The predicted molar refractivity (Wildman–Crippen MR) is 75.0 cm³/mol. The molecule has 19 heavy (non-hydrogen) atoms. The first kappa shape index (κ1) is 13.1. The lowest BCUT2D eigenvalue weighted by atomic mass is 10.1. The van der Waals surface area contributed by atoms with Crippen LogP contribution in [-0.4, -0.2) is 6.54 Å². The third-order valence-electron chi connectivity index (χ3n) is 3.02. The van der Waals surface area contributed by atoms with Gasteiger partial charge < -0.3 is 4.90 Å². The molecule has 0 heterocycles. The molecular formula is C16H15FN2. The first-order valence-electron chi connectivity index (χ1n) is 6.19. The molecule has 0 aliphatic carbocycles. The quantitative estimate of drug-likeness (QED) is 0.822. The topological polar surface area (TPSA) is 27.0 Å². The van der Waals surface area contributed by atoms with Crippen LogP contribution in [-0.2, 0) is 0 Å². The molecule has 0 saturated heterocycles. The number of hydrogen-bond acceptors (Lipinski definition) is 2. The highest BCUT2D eigenvalue weighted by molar-refractivity contribution is 5.69. The predicted octanol–water partition coefficient (Wildman–Crippen LogP) is 4.16. The minimum Gasteiger partial charge on any atom is -0.341 e. The molecule has 96 valence electrons. The normalized spacial score (nSPS) is 10.0. The van der Waals surface area contributed by atoms with Crippen molar-refractivity contribution in [2.75, 3.05) is 11.4 Å². The van der Waals surface area contributed by atoms with E-state index in [1.807, 2.05) is 36.9 Å². The van der Waals surface area contributed by atoms with Crippen molar-refractivity contribution >= 4 is 11.4 Å². The van der Waals surface area contributed by atoms with Gasteiger partial charge in [-0.2, -0.15) is 5.26 Å². The molecule has 3 heteroatoms. The number of benzene rings is 2. The van der Waals surface area contributed by atoms with Crippen molar-refractivity contribution in [1.82, 2.24) is 0 Å². The van der Waals surface area contributed by atoms with Gasteiger partial charge in [0, 0.05) is 12.2 Å². The van der Waals surface area contributed by atoms with Gasteiger partial charge in [0.05, 0.1) is 11.3 Å². The zero-order valence-electron chi connectivity index (χ0n) is 11.0. The highest BCUT2D eigenvalue weighted by Crippen LogP contribution is 2.28. The van der Waals surface area contributed by atoms with Crippen molar-refractivity contribution in [2.24, 2.45) is 0 Å². The molecule has 0 bridgehead atoms. The number of anilines is 2. The summed E-state index contributed by atoms with van der Waals surface area (Å²) in [6.07, 6.45) is 0.